The highest BCUT2D eigenvalue weighted by atomic mass is 16.5. The molecule has 2 fully saturated rings. The first-order valence-corrected chi connectivity index (χ1v) is 13.1. The molecule has 9 heteroatoms. The van der Waals surface area contributed by atoms with Gasteiger partial charge in [0.05, 0.1) is 0 Å². The molecule has 9 nitrogen and oxygen atoms in total. The molecule has 1 aromatic carbocycles. The fourth-order valence-corrected chi connectivity index (χ4v) is 4.85. The summed E-state index contributed by atoms with van der Waals surface area (Å²) in [6.45, 7) is 8.98. The smallest absolute Gasteiger partial charge is 0.327 e. The Morgan fingerprint density at radius 1 is 1.00 bits per heavy atom. The number of carbonyl (C=O) groups excluding carboxylic acids is 4. The highest BCUT2D eigenvalue weighted by Crippen LogP contribution is 2.46. The summed E-state index contributed by atoms with van der Waals surface area (Å²) in [6, 6.07) is 6.47. The zero-order valence-corrected chi connectivity index (χ0v) is 22.0. The van der Waals surface area contributed by atoms with E-state index in [2.05, 4.69) is 10.2 Å². The molecule has 0 aliphatic carbocycles. The second-order valence-corrected chi connectivity index (χ2v) is 9.87. The number of rotatable bonds is 11. The lowest BCUT2D eigenvalue weighted by Gasteiger charge is -2.53. The molecule has 1 N–H and O–H groups in total. The molecule has 198 valence electrons. The number of nitrogens with zero attached hydrogens (tertiary/aromatic N) is 3. The number of likely N-dealkylation sites (tertiary alicyclic amines) is 1. The quantitative estimate of drug-likeness (QED) is 0.370. The van der Waals surface area contributed by atoms with Crippen molar-refractivity contribution in [2.24, 2.45) is 5.41 Å². The van der Waals surface area contributed by atoms with Gasteiger partial charge in [-0.15, -0.1) is 0 Å². The highest BCUT2D eigenvalue weighted by molar-refractivity contribution is 6.03. The summed E-state index contributed by atoms with van der Waals surface area (Å²) in [5, 5.41) is 2.82. The van der Waals surface area contributed by atoms with Gasteiger partial charge in [-0.05, 0) is 63.9 Å². The normalized spacial score (nSPS) is 19.6. The second kappa shape index (κ2) is 12.3. The largest absolute Gasteiger partial charge is 0.469 e. The van der Waals surface area contributed by atoms with Gasteiger partial charge in [-0.3, -0.25) is 9.59 Å². The van der Waals surface area contributed by atoms with Crippen LogP contribution in [0, 0.1) is 5.41 Å². The van der Waals surface area contributed by atoms with Crippen molar-refractivity contribution in [1.29, 1.82) is 0 Å². The zero-order valence-electron chi connectivity index (χ0n) is 22.0. The molecule has 2 aliphatic heterocycles. The number of piperazine rings is 1. The zero-order chi connectivity index (χ0) is 26.3. The first-order valence-electron chi connectivity index (χ1n) is 13.1. The molecule has 2 saturated heterocycles. The van der Waals surface area contributed by atoms with Crippen LogP contribution in [0.4, 0.5) is 4.79 Å². The van der Waals surface area contributed by atoms with Crippen LogP contribution in [0.1, 0.15) is 69.7 Å². The molecule has 4 amide bonds. The number of ketones is 1. The number of imide groups is 1. The summed E-state index contributed by atoms with van der Waals surface area (Å²) in [5.41, 5.74) is -0.166. The lowest BCUT2D eigenvalue weighted by Crippen LogP contribution is -2.73. The van der Waals surface area contributed by atoms with Gasteiger partial charge in [-0.1, -0.05) is 20.3 Å². The second-order valence-electron chi connectivity index (χ2n) is 9.87. The first-order chi connectivity index (χ1) is 17.2. The minimum atomic E-state index is -0.757. The molecule has 0 radical (unpaired) electrons. The van der Waals surface area contributed by atoms with E-state index in [-0.39, 0.29) is 17.6 Å². The van der Waals surface area contributed by atoms with Crippen LogP contribution in [0.5, 0.6) is 5.75 Å². The van der Waals surface area contributed by atoms with Crippen LogP contribution in [0.3, 0.4) is 0 Å². The number of benzene rings is 1. The van der Waals surface area contributed by atoms with Crippen LogP contribution in [0.2, 0.25) is 0 Å². The first kappa shape index (κ1) is 27.6. The lowest BCUT2D eigenvalue weighted by molar-refractivity contribution is -0.190. The van der Waals surface area contributed by atoms with E-state index in [4.69, 9.17) is 4.74 Å². The predicted molar refractivity (Wildman–Crippen MR) is 137 cm³/mol. The number of urea groups is 1. The van der Waals surface area contributed by atoms with Gasteiger partial charge in [0.2, 0.25) is 5.91 Å². The number of likely N-dealkylation sites (N-methyl/N-ethyl adjacent to an activating group) is 1. The summed E-state index contributed by atoms with van der Waals surface area (Å²) in [5.74, 6) is 0.441. The molecule has 1 unspecified atom stereocenters. The maximum atomic E-state index is 13.0. The Morgan fingerprint density at radius 3 is 2.22 bits per heavy atom. The van der Waals surface area contributed by atoms with Gasteiger partial charge in [-0.25, -0.2) is 9.69 Å². The predicted octanol–water partition coefficient (Wildman–Crippen LogP) is 3.29. The molecule has 1 atom stereocenters. The Labute approximate surface area is 214 Å². The Morgan fingerprint density at radius 2 is 1.64 bits per heavy atom. The number of β-lactam (4-membered cyclic amide) rings is 1. The molecule has 3 rings (SSSR count). The maximum Gasteiger partial charge on any atom is 0.327 e. The standard InChI is InChI=1S/C27H40N4O5/c1-5-27(6-2)24(34)31(26(35)28-15-9-7-8-10-20(3)32)25(27)36-22-13-11-21(12-14-22)23(33)30-18-16-29(4)17-19-30/h11-14,25H,5-10,15-19H2,1-4H3,(H,28,35). The number of Topliss-reactive ketones (excluding diaryl/α,β-unsaturated/α-hetero) is 1. The minimum Gasteiger partial charge on any atom is -0.469 e. The van der Waals surface area contributed by atoms with Crippen molar-refractivity contribution >= 4 is 23.6 Å². The van der Waals surface area contributed by atoms with Gasteiger partial charge in [0.1, 0.15) is 16.9 Å². The van der Waals surface area contributed by atoms with Crippen molar-refractivity contribution in [2.45, 2.75) is 65.5 Å². The van der Waals surface area contributed by atoms with Gasteiger partial charge in [0.15, 0.2) is 6.23 Å². The molecule has 36 heavy (non-hydrogen) atoms. The van der Waals surface area contributed by atoms with Crippen molar-refractivity contribution in [2.75, 3.05) is 39.8 Å². The summed E-state index contributed by atoms with van der Waals surface area (Å²) in [7, 11) is 2.05. The lowest BCUT2D eigenvalue weighted by atomic mass is 9.72. The average molecular weight is 501 g/mol. The van der Waals surface area contributed by atoms with E-state index in [0.29, 0.717) is 50.2 Å². The summed E-state index contributed by atoms with van der Waals surface area (Å²) in [4.78, 5) is 55.0. The molecule has 0 aromatic heterocycles. The van der Waals surface area contributed by atoms with Crippen LogP contribution in [-0.4, -0.2) is 84.3 Å². The Balaban J connectivity index is 1.61. The van der Waals surface area contributed by atoms with E-state index in [9.17, 15) is 19.2 Å². The highest BCUT2D eigenvalue weighted by Gasteiger charge is 2.62. The summed E-state index contributed by atoms with van der Waals surface area (Å²) < 4.78 is 6.19. The fourth-order valence-electron chi connectivity index (χ4n) is 4.85. The molecule has 0 saturated carbocycles. The number of ether oxygens (including phenoxy) is 1. The van der Waals surface area contributed by atoms with Gasteiger partial charge >= 0.3 is 6.03 Å². The average Bonchev–Trinajstić information content (AvgIpc) is 2.87. The van der Waals surface area contributed by atoms with Crippen molar-refractivity contribution in [3.05, 3.63) is 29.8 Å². The monoisotopic (exact) mass is 500 g/mol. The third-order valence-electron chi connectivity index (χ3n) is 7.45. The number of hydrogen-bond acceptors (Lipinski definition) is 6. The van der Waals surface area contributed by atoms with Gasteiger partial charge in [0.25, 0.3) is 5.91 Å². The molecular formula is C27H40N4O5. The van der Waals surface area contributed by atoms with E-state index < -0.39 is 17.7 Å². The molecule has 1 aromatic rings. The third-order valence-corrected chi connectivity index (χ3v) is 7.45. The van der Waals surface area contributed by atoms with Crippen LogP contribution in [0.25, 0.3) is 0 Å². The van der Waals surface area contributed by atoms with E-state index in [1.165, 1.54) is 4.90 Å². The van der Waals surface area contributed by atoms with Crippen LogP contribution < -0.4 is 10.1 Å². The van der Waals surface area contributed by atoms with E-state index in [1.54, 1.807) is 31.2 Å². The van der Waals surface area contributed by atoms with Gasteiger partial charge in [0, 0.05) is 44.7 Å². The maximum absolute atomic E-state index is 13.0. The van der Waals surface area contributed by atoms with Crippen molar-refractivity contribution in [1.82, 2.24) is 20.0 Å². The number of hydrogen-bond donors (Lipinski definition) is 1. The number of nitrogens with one attached hydrogen (secondary N) is 1. The van der Waals surface area contributed by atoms with Crippen molar-refractivity contribution in [3.8, 4) is 5.75 Å². The molecule has 2 aliphatic rings. The Hall–Kier alpha value is -2.94. The van der Waals surface area contributed by atoms with Crippen LogP contribution >= 0.6 is 0 Å². The van der Waals surface area contributed by atoms with Crippen LogP contribution in [-0.2, 0) is 9.59 Å². The minimum absolute atomic E-state index is 0.00533. The molecule has 2 heterocycles. The van der Waals surface area contributed by atoms with Crippen molar-refractivity contribution in [3.63, 3.8) is 0 Å². The van der Waals surface area contributed by atoms with Crippen LogP contribution in [0.15, 0.2) is 24.3 Å². The topological polar surface area (TPSA) is 99.3 Å². The van der Waals surface area contributed by atoms with E-state index in [1.807, 2.05) is 25.8 Å². The number of unbranched alkanes of at least 4 members (excludes halogenated alkanes) is 2. The number of amides is 4. The summed E-state index contributed by atoms with van der Waals surface area (Å²) >= 11 is 0. The fraction of sp³-hybridized carbons (Fsp3) is 0.630. The molecular weight excluding hydrogens is 460 g/mol. The van der Waals surface area contributed by atoms with Gasteiger partial charge in [-0.2, -0.15) is 0 Å². The van der Waals surface area contributed by atoms with E-state index in [0.717, 1.165) is 32.4 Å². The number of carbonyl (C=O) groups is 4. The van der Waals surface area contributed by atoms with Gasteiger partial charge < -0.3 is 24.6 Å². The van der Waals surface area contributed by atoms with Crippen molar-refractivity contribution < 1.29 is 23.9 Å². The molecule has 0 bridgehead atoms. The van der Waals surface area contributed by atoms with E-state index >= 15 is 0 Å². The summed E-state index contributed by atoms with van der Waals surface area (Å²) in [6.07, 6.45) is 3.31. The molecule has 0 spiro atoms. The Bertz CT molecular complexity index is 936. The third kappa shape index (κ3) is 6.06. The Kier molecular flexibility index (Phi) is 9.48. The SMILES string of the molecule is CCC1(CC)C(=O)N(C(=O)NCCCCCC(C)=O)C1Oc1ccc(C(=O)N2CCN(C)CC2)cc1.